The molecule has 0 bridgehead atoms. The molecule has 5 heteroatoms. The van der Waals surface area contributed by atoms with Crippen LogP contribution < -0.4 is 10.6 Å². The number of nitrogens with one attached hydrogen (secondary N) is 2. The second kappa shape index (κ2) is 11.5. The van der Waals surface area contributed by atoms with E-state index in [9.17, 15) is 4.79 Å². The number of carbonyl (C=O) groups is 1. The summed E-state index contributed by atoms with van der Waals surface area (Å²) in [4.78, 5) is 11.6. The van der Waals surface area contributed by atoms with Gasteiger partial charge in [0.05, 0.1) is 6.61 Å². The predicted octanol–water partition coefficient (Wildman–Crippen LogP) is 2.17. The van der Waals surface area contributed by atoms with Crippen molar-refractivity contribution in [2.75, 3.05) is 32.8 Å². The summed E-state index contributed by atoms with van der Waals surface area (Å²) in [5.41, 5.74) is 1.24. The maximum Gasteiger partial charge on any atom is 0.245 e. The van der Waals surface area contributed by atoms with Gasteiger partial charge in [-0.2, -0.15) is 0 Å². The van der Waals surface area contributed by atoms with Crippen LogP contribution in [-0.2, 0) is 16.0 Å². The molecule has 1 aliphatic rings. The van der Waals surface area contributed by atoms with Crippen molar-refractivity contribution in [1.29, 1.82) is 0 Å². The Morgan fingerprint density at radius 3 is 2.86 bits per heavy atom. The van der Waals surface area contributed by atoms with Gasteiger partial charge in [0.25, 0.3) is 0 Å². The molecule has 1 atom stereocenters. The first-order chi connectivity index (χ1) is 10.3. The van der Waals surface area contributed by atoms with E-state index < -0.39 is 0 Å². The van der Waals surface area contributed by atoms with Gasteiger partial charge >= 0.3 is 0 Å². The maximum absolute atomic E-state index is 11.6. The van der Waals surface area contributed by atoms with Gasteiger partial charge in [-0.25, -0.2) is 0 Å². The van der Waals surface area contributed by atoms with Gasteiger partial charge in [-0.05, 0) is 50.3 Å². The lowest BCUT2D eigenvalue weighted by molar-refractivity contribution is -0.125. The fourth-order valence-corrected chi connectivity index (χ4v) is 2.64. The molecular weight excluding hydrogens is 300 g/mol. The van der Waals surface area contributed by atoms with Crippen LogP contribution in [0.5, 0.6) is 0 Å². The third-order valence-corrected chi connectivity index (χ3v) is 3.88. The Bertz CT molecular complexity index is 408. The third kappa shape index (κ3) is 7.78. The topological polar surface area (TPSA) is 50.4 Å². The number of rotatable bonds is 8. The molecule has 2 N–H and O–H groups in total. The Morgan fingerprint density at radius 2 is 2.14 bits per heavy atom. The van der Waals surface area contributed by atoms with E-state index in [1.807, 2.05) is 18.2 Å². The zero-order chi connectivity index (χ0) is 14.8. The number of hydrogen-bond acceptors (Lipinski definition) is 3. The van der Waals surface area contributed by atoms with E-state index in [0.29, 0.717) is 12.5 Å². The SMILES string of the molecule is Cl.O=C(COCCc1ccccc1)NCCC1CCCNC1. The van der Waals surface area contributed by atoms with Gasteiger partial charge < -0.3 is 15.4 Å². The highest BCUT2D eigenvalue weighted by molar-refractivity contribution is 5.85. The molecule has 124 valence electrons. The summed E-state index contributed by atoms with van der Waals surface area (Å²) in [6.07, 6.45) is 4.43. The summed E-state index contributed by atoms with van der Waals surface area (Å²) in [6, 6.07) is 10.2. The van der Waals surface area contributed by atoms with Crippen molar-refractivity contribution < 1.29 is 9.53 Å². The van der Waals surface area contributed by atoms with Crippen LogP contribution in [0.4, 0.5) is 0 Å². The molecule has 1 unspecified atom stereocenters. The number of ether oxygens (including phenoxy) is 1. The van der Waals surface area contributed by atoms with E-state index in [1.165, 1.54) is 18.4 Å². The Balaban J connectivity index is 0.00000242. The smallest absolute Gasteiger partial charge is 0.245 e. The highest BCUT2D eigenvalue weighted by atomic mass is 35.5. The fraction of sp³-hybridized carbons (Fsp3) is 0.588. The first-order valence-corrected chi connectivity index (χ1v) is 7.93. The third-order valence-electron chi connectivity index (χ3n) is 3.88. The molecule has 1 saturated heterocycles. The minimum Gasteiger partial charge on any atom is -0.371 e. The van der Waals surface area contributed by atoms with Crippen LogP contribution in [0.15, 0.2) is 30.3 Å². The van der Waals surface area contributed by atoms with Crippen molar-refractivity contribution in [2.45, 2.75) is 25.7 Å². The van der Waals surface area contributed by atoms with Crippen LogP contribution in [-0.4, -0.2) is 38.8 Å². The summed E-state index contributed by atoms with van der Waals surface area (Å²) in [6.45, 7) is 3.73. The van der Waals surface area contributed by atoms with Crippen molar-refractivity contribution in [1.82, 2.24) is 10.6 Å². The van der Waals surface area contributed by atoms with Crippen LogP contribution in [0.25, 0.3) is 0 Å². The number of benzene rings is 1. The summed E-state index contributed by atoms with van der Waals surface area (Å²) >= 11 is 0. The largest absolute Gasteiger partial charge is 0.371 e. The molecule has 0 spiro atoms. The molecule has 0 radical (unpaired) electrons. The van der Waals surface area contributed by atoms with Crippen molar-refractivity contribution in [3.63, 3.8) is 0 Å². The van der Waals surface area contributed by atoms with Gasteiger partial charge in [0, 0.05) is 6.54 Å². The molecule has 0 saturated carbocycles. The van der Waals surface area contributed by atoms with Gasteiger partial charge in [-0.1, -0.05) is 30.3 Å². The van der Waals surface area contributed by atoms with Gasteiger partial charge in [-0.3, -0.25) is 4.79 Å². The lowest BCUT2D eigenvalue weighted by atomic mass is 9.96. The highest BCUT2D eigenvalue weighted by Gasteiger charge is 2.12. The highest BCUT2D eigenvalue weighted by Crippen LogP contribution is 2.12. The second-order valence-corrected chi connectivity index (χ2v) is 5.64. The first kappa shape index (κ1) is 18.9. The number of halogens is 1. The van der Waals surface area contributed by atoms with Crippen LogP contribution in [0.2, 0.25) is 0 Å². The number of carbonyl (C=O) groups excluding carboxylic acids is 1. The Morgan fingerprint density at radius 1 is 1.32 bits per heavy atom. The van der Waals surface area contributed by atoms with Crippen molar-refractivity contribution in [2.24, 2.45) is 5.92 Å². The molecule has 0 aliphatic carbocycles. The molecular formula is C17H27ClN2O2. The Kier molecular flexibility index (Phi) is 9.87. The van der Waals surface area contributed by atoms with Gasteiger partial charge in [0.15, 0.2) is 0 Å². The maximum atomic E-state index is 11.6. The predicted molar refractivity (Wildman–Crippen MR) is 91.4 cm³/mol. The minimum absolute atomic E-state index is 0. The van der Waals surface area contributed by atoms with Crippen molar-refractivity contribution in [3.8, 4) is 0 Å². The molecule has 1 aromatic rings. The van der Waals surface area contributed by atoms with Crippen LogP contribution in [0.1, 0.15) is 24.8 Å². The molecule has 4 nitrogen and oxygen atoms in total. The second-order valence-electron chi connectivity index (χ2n) is 5.64. The summed E-state index contributed by atoms with van der Waals surface area (Å²) < 4.78 is 5.42. The number of piperidine rings is 1. The van der Waals surface area contributed by atoms with Gasteiger partial charge in [0.1, 0.15) is 6.61 Å². The summed E-state index contributed by atoms with van der Waals surface area (Å²) in [7, 11) is 0. The molecule has 1 fully saturated rings. The number of hydrogen-bond donors (Lipinski definition) is 2. The van der Waals surface area contributed by atoms with E-state index in [-0.39, 0.29) is 24.9 Å². The normalized spacial score (nSPS) is 17.5. The lowest BCUT2D eigenvalue weighted by Gasteiger charge is -2.22. The quantitative estimate of drug-likeness (QED) is 0.720. The average molecular weight is 327 g/mol. The standard InChI is InChI=1S/C17H26N2O2.ClH/c20-17(19-11-8-16-7-4-10-18-13-16)14-21-12-9-15-5-2-1-3-6-15;/h1-3,5-6,16,18H,4,7-14H2,(H,19,20);1H. The minimum atomic E-state index is -0.00756. The van der Waals surface area contributed by atoms with Gasteiger partial charge in [0.2, 0.25) is 5.91 Å². The molecule has 1 heterocycles. The fourth-order valence-electron chi connectivity index (χ4n) is 2.64. The first-order valence-electron chi connectivity index (χ1n) is 7.93. The van der Waals surface area contributed by atoms with Gasteiger partial charge in [-0.15, -0.1) is 12.4 Å². The van der Waals surface area contributed by atoms with Crippen LogP contribution in [0.3, 0.4) is 0 Å². The van der Waals surface area contributed by atoms with E-state index in [0.717, 1.165) is 32.5 Å². The van der Waals surface area contributed by atoms with Crippen molar-refractivity contribution in [3.05, 3.63) is 35.9 Å². The zero-order valence-electron chi connectivity index (χ0n) is 13.1. The molecule has 1 amide bonds. The van der Waals surface area contributed by atoms with E-state index >= 15 is 0 Å². The van der Waals surface area contributed by atoms with E-state index in [2.05, 4.69) is 22.8 Å². The zero-order valence-corrected chi connectivity index (χ0v) is 13.9. The lowest BCUT2D eigenvalue weighted by Crippen LogP contribution is -2.34. The Labute approximate surface area is 139 Å². The van der Waals surface area contributed by atoms with Crippen LogP contribution in [0, 0.1) is 5.92 Å². The van der Waals surface area contributed by atoms with Crippen molar-refractivity contribution >= 4 is 18.3 Å². The molecule has 0 aromatic heterocycles. The molecule has 1 aromatic carbocycles. The van der Waals surface area contributed by atoms with Crippen LogP contribution >= 0.6 is 12.4 Å². The average Bonchev–Trinajstić information content (AvgIpc) is 2.54. The number of amides is 1. The summed E-state index contributed by atoms with van der Waals surface area (Å²) in [5, 5.41) is 6.33. The monoisotopic (exact) mass is 326 g/mol. The Hall–Kier alpha value is -1.10. The summed E-state index contributed by atoms with van der Waals surface area (Å²) in [5.74, 6) is 0.699. The molecule has 22 heavy (non-hydrogen) atoms. The molecule has 2 rings (SSSR count). The van der Waals surface area contributed by atoms with E-state index in [4.69, 9.17) is 4.74 Å². The molecule has 1 aliphatic heterocycles. The van der Waals surface area contributed by atoms with E-state index in [1.54, 1.807) is 0 Å².